The lowest BCUT2D eigenvalue weighted by atomic mass is 10.0. The van der Waals surface area contributed by atoms with Gasteiger partial charge in [-0.3, -0.25) is 0 Å². The minimum atomic E-state index is 0.700. The molecule has 0 aliphatic rings. The van der Waals surface area contributed by atoms with Crippen LogP contribution in [-0.2, 0) is 0 Å². The molecule has 12 rings (SSSR count). The molecule has 0 aliphatic carbocycles. The molecule has 0 amide bonds. The van der Waals surface area contributed by atoms with Crippen molar-refractivity contribution < 1.29 is 0 Å². The van der Waals surface area contributed by atoms with Crippen molar-refractivity contribution in [2.24, 2.45) is 0 Å². The highest BCUT2D eigenvalue weighted by Gasteiger charge is 2.21. The standard InChI is InChI=1S/C54H34N4/c1-3-15-36(16-4-1)45-34-46(39-27-26-35-14-7-8-17-37(35)32-39)56-54(55-45)40-28-29-42-38(33-40)18-13-25-47(42)58-49-24-12-10-22-44(49)53-51(58)31-30-50-52(53)43-21-9-11-23-48(43)57(50)41-19-5-2-6-20-41/h1-34H. The van der Waals surface area contributed by atoms with Crippen LogP contribution in [0.25, 0.3) is 110 Å². The molecule has 0 aliphatic heterocycles. The normalized spacial score (nSPS) is 11.8. The van der Waals surface area contributed by atoms with Crippen molar-refractivity contribution >= 4 is 65.2 Å². The SMILES string of the molecule is c1ccc(-c2cc(-c3ccc4ccccc4c3)nc(-c3ccc4c(-n5c6ccccc6c6c7c8ccccc8n(-c8ccccc8)c7ccc65)cccc4c3)n2)cc1. The van der Waals surface area contributed by atoms with E-state index in [9.17, 15) is 0 Å². The first-order chi connectivity index (χ1) is 28.8. The monoisotopic (exact) mass is 738 g/mol. The van der Waals surface area contributed by atoms with Gasteiger partial charge in [0.2, 0.25) is 0 Å². The second kappa shape index (κ2) is 12.9. The predicted octanol–water partition coefficient (Wildman–Crippen LogP) is 14.0. The first-order valence-corrected chi connectivity index (χ1v) is 19.7. The zero-order valence-corrected chi connectivity index (χ0v) is 31.4. The Balaban J connectivity index is 1.06. The van der Waals surface area contributed by atoms with Crippen molar-refractivity contribution in [3.63, 3.8) is 0 Å². The molecule has 0 radical (unpaired) electrons. The van der Waals surface area contributed by atoms with Gasteiger partial charge in [-0.15, -0.1) is 0 Å². The van der Waals surface area contributed by atoms with E-state index in [1.54, 1.807) is 0 Å². The fourth-order valence-corrected chi connectivity index (χ4v) is 9.06. The summed E-state index contributed by atoms with van der Waals surface area (Å²) in [5.41, 5.74) is 11.9. The summed E-state index contributed by atoms with van der Waals surface area (Å²) in [6, 6.07) is 73.7. The molecule has 0 spiro atoms. The second-order valence-electron chi connectivity index (χ2n) is 15.0. The van der Waals surface area contributed by atoms with Gasteiger partial charge < -0.3 is 9.13 Å². The van der Waals surface area contributed by atoms with Crippen molar-refractivity contribution in [2.75, 3.05) is 0 Å². The van der Waals surface area contributed by atoms with Gasteiger partial charge in [-0.05, 0) is 76.8 Å². The fraction of sp³-hybridized carbons (Fsp3) is 0. The highest BCUT2D eigenvalue weighted by molar-refractivity contribution is 6.29. The number of rotatable bonds is 5. The van der Waals surface area contributed by atoms with Crippen LogP contribution in [0.2, 0.25) is 0 Å². The molecule has 0 atom stereocenters. The zero-order valence-electron chi connectivity index (χ0n) is 31.4. The molecule has 0 bridgehead atoms. The van der Waals surface area contributed by atoms with Crippen molar-refractivity contribution in [2.45, 2.75) is 0 Å². The van der Waals surface area contributed by atoms with Crippen LogP contribution in [0.5, 0.6) is 0 Å². The summed E-state index contributed by atoms with van der Waals surface area (Å²) in [7, 11) is 0. The Morgan fingerprint density at radius 1 is 0.310 bits per heavy atom. The number of hydrogen-bond acceptors (Lipinski definition) is 2. The van der Waals surface area contributed by atoms with Crippen molar-refractivity contribution in [3.8, 4) is 45.3 Å². The maximum absolute atomic E-state index is 5.23. The molecule has 3 heterocycles. The summed E-state index contributed by atoms with van der Waals surface area (Å²) in [5, 5.41) is 9.71. The van der Waals surface area contributed by atoms with E-state index in [0.29, 0.717) is 5.82 Å². The van der Waals surface area contributed by atoms with Crippen LogP contribution >= 0.6 is 0 Å². The van der Waals surface area contributed by atoms with Gasteiger partial charge in [0.1, 0.15) is 0 Å². The van der Waals surface area contributed by atoms with E-state index in [1.807, 2.05) is 6.07 Å². The maximum atomic E-state index is 5.23. The van der Waals surface area contributed by atoms with Crippen LogP contribution in [0.1, 0.15) is 0 Å². The number of fused-ring (bicyclic) bond motifs is 9. The lowest BCUT2D eigenvalue weighted by Crippen LogP contribution is -1.97. The van der Waals surface area contributed by atoms with E-state index in [1.165, 1.54) is 54.4 Å². The molecular formula is C54H34N4. The third-order valence-corrected chi connectivity index (χ3v) is 11.7. The van der Waals surface area contributed by atoms with Crippen molar-refractivity contribution in [1.82, 2.24) is 19.1 Å². The fourth-order valence-electron chi connectivity index (χ4n) is 9.06. The van der Waals surface area contributed by atoms with E-state index in [4.69, 9.17) is 9.97 Å². The van der Waals surface area contributed by atoms with Crippen LogP contribution in [0.15, 0.2) is 206 Å². The number of para-hydroxylation sites is 3. The average Bonchev–Trinajstić information content (AvgIpc) is 3.82. The third-order valence-electron chi connectivity index (χ3n) is 11.7. The molecule has 0 N–H and O–H groups in total. The predicted molar refractivity (Wildman–Crippen MR) is 242 cm³/mol. The van der Waals surface area contributed by atoms with Crippen LogP contribution in [0.3, 0.4) is 0 Å². The molecule has 4 nitrogen and oxygen atoms in total. The molecule has 0 saturated carbocycles. The Morgan fingerprint density at radius 3 is 1.64 bits per heavy atom. The molecule has 3 aromatic heterocycles. The van der Waals surface area contributed by atoms with Gasteiger partial charge in [0.05, 0.1) is 39.1 Å². The first-order valence-electron chi connectivity index (χ1n) is 19.7. The molecule has 4 heteroatoms. The molecule has 0 unspecified atom stereocenters. The second-order valence-corrected chi connectivity index (χ2v) is 15.0. The molecule has 0 fully saturated rings. The summed E-state index contributed by atoms with van der Waals surface area (Å²) < 4.78 is 4.85. The summed E-state index contributed by atoms with van der Waals surface area (Å²) in [4.78, 5) is 10.4. The van der Waals surface area contributed by atoms with E-state index < -0.39 is 0 Å². The van der Waals surface area contributed by atoms with Gasteiger partial charge in [-0.2, -0.15) is 0 Å². The minimum Gasteiger partial charge on any atom is -0.309 e. The van der Waals surface area contributed by atoms with E-state index in [-0.39, 0.29) is 0 Å². The van der Waals surface area contributed by atoms with Gasteiger partial charge in [0.15, 0.2) is 5.82 Å². The first kappa shape index (κ1) is 32.4. The van der Waals surface area contributed by atoms with E-state index >= 15 is 0 Å². The molecule has 9 aromatic carbocycles. The average molecular weight is 739 g/mol. The Kier molecular flexibility index (Phi) is 7.20. The van der Waals surface area contributed by atoms with Crippen LogP contribution in [0, 0.1) is 0 Å². The highest BCUT2D eigenvalue weighted by atomic mass is 15.0. The largest absolute Gasteiger partial charge is 0.309 e. The van der Waals surface area contributed by atoms with Gasteiger partial charge >= 0.3 is 0 Å². The van der Waals surface area contributed by atoms with E-state index in [2.05, 4.69) is 209 Å². The Labute approximate surface area is 334 Å². The highest BCUT2D eigenvalue weighted by Crippen LogP contribution is 2.43. The Morgan fingerprint density at radius 2 is 0.879 bits per heavy atom. The van der Waals surface area contributed by atoms with Gasteiger partial charge in [-0.25, -0.2) is 9.97 Å². The topological polar surface area (TPSA) is 35.6 Å². The van der Waals surface area contributed by atoms with Crippen LogP contribution in [0.4, 0.5) is 0 Å². The van der Waals surface area contributed by atoms with Gasteiger partial charge in [0, 0.05) is 49.3 Å². The third kappa shape index (κ3) is 5.02. The lowest BCUT2D eigenvalue weighted by molar-refractivity contribution is 1.18. The molecule has 12 aromatic rings. The summed E-state index contributed by atoms with van der Waals surface area (Å²) in [6.07, 6.45) is 0. The van der Waals surface area contributed by atoms with Crippen molar-refractivity contribution in [1.29, 1.82) is 0 Å². The van der Waals surface area contributed by atoms with Gasteiger partial charge in [-0.1, -0.05) is 146 Å². The zero-order chi connectivity index (χ0) is 38.2. The summed E-state index contributed by atoms with van der Waals surface area (Å²) in [5.74, 6) is 0.700. The molecule has 0 saturated heterocycles. The molecule has 270 valence electrons. The lowest BCUT2D eigenvalue weighted by Gasteiger charge is -2.14. The minimum absolute atomic E-state index is 0.700. The number of aromatic nitrogens is 4. The summed E-state index contributed by atoms with van der Waals surface area (Å²) in [6.45, 7) is 0. The molecule has 58 heavy (non-hydrogen) atoms. The Bertz CT molecular complexity index is 3560. The Hall–Kier alpha value is -7.82. The van der Waals surface area contributed by atoms with Crippen molar-refractivity contribution in [3.05, 3.63) is 206 Å². The summed E-state index contributed by atoms with van der Waals surface area (Å²) >= 11 is 0. The molecular weight excluding hydrogens is 705 g/mol. The quantitative estimate of drug-likeness (QED) is 0.176. The smallest absolute Gasteiger partial charge is 0.160 e. The van der Waals surface area contributed by atoms with Crippen LogP contribution in [-0.4, -0.2) is 19.1 Å². The van der Waals surface area contributed by atoms with E-state index in [0.717, 1.165) is 50.2 Å². The number of hydrogen-bond donors (Lipinski definition) is 0. The van der Waals surface area contributed by atoms with Gasteiger partial charge in [0.25, 0.3) is 0 Å². The number of benzene rings is 9. The van der Waals surface area contributed by atoms with Crippen LogP contribution < -0.4 is 0 Å². The maximum Gasteiger partial charge on any atom is 0.160 e. The number of nitrogens with zero attached hydrogens (tertiary/aromatic N) is 4.